The molecule has 1 N–H and O–H groups in total. The highest BCUT2D eigenvalue weighted by Gasteiger charge is 2.66. The van der Waals surface area contributed by atoms with Gasteiger partial charge < -0.3 is 24.4 Å². The SMILES string of the molecule is CC(=O)Oc1cc(O)c2c3c1C[C@@H]1[C@@H]4CC[C@@H](N(C)C(=O)C#Cc5ccc(C(F)(F)F)cc5)[C@H](O2)[C@]34CCN1C. The Hall–Kier alpha value is -3.71. The highest BCUT2D eigenvalue weighted by molar-refractivity contribution is 5.94. The van der Waals surface area contributed by atoms with Crippen LogP contribution in [0.2, 0.25) is 0 Å². The van der Waals surface area contributed by atoms with Crippen LogP contribution < -0.4 is 9.47 Å². The Morgan fingerprint density at radius 1 is 1.23 bits per heavy atom. The lowest BCUT2D eigenvalue weighted by atomic mass is 9.51. The van der Waals surface area contributed by atoms with E-state index < -0.39 is 35.1 Å². The number of ether oxygens (including phenoxy) is 2. The average Bonchev–Trinajstić information content (AvgIpc) is 3.25. The molecule has 2 aromatic rings. The number of alkyl halides is 3. The first-order valence-corrected chi connectivity index (χ1v) is 13.3. The molecule has 2 fully saturated rings. The third-order valence-electron chi connectivity index (χ3n) is 9.25. The van der Waals surface area contributed by atoms with E-state index in [9.17, 15) is 27.9 Å². The fraction of sp³-hybridized carbons (Fsp3) is 0.467. The van der Waals surface area contributed by atoms with E-state index in [1.165, 1.54) is 25.1 Å². The summed E-state index contributed by atoms with van der Waals surface area (Å²) in [6, 6.07) is 5.67. The second kappa shape index (κ2) is 9.16. The first-order chi connectivity index (χ1) is 18.9. The van der Waals surface area contributed by atoms with E-state index in [0.717, 1.165) is 42.6 Å². The van der Waals surface area contributed by atoms with Crippen molar-refractivity contribution >= 4 is 11.9 Å². The largest absolute Gasteiger partial charge is 0.504 e. The zero-order valence-electron chi connectivity index (χ0n) is 22.3. The normalized spacial score (nSPS) is 28.1. The monoisotopic (exact) mass is 554 g/mol. The Labute approximate surface area is 229 Å². The summed E-state index contributed by atoms with van der Waals surface area (Å²) in [4.78, 5) is 29.0. The molecule has 10 heteroatoms. The smallest absolute Gasteiger partial charge is 0.416 e. The van der Waals surface area contributed by atoms with E-state index in [1.54, 1.807) is 11.9 Å². The number of phenols is 1. The zero-order chi connectivity index (χ0) is 28.6. The first-order valence-electron chi connectivity index (χ1n) is 13.3. The average molecular weight is 555 g/mol. The van der Waals surface area contributed by atoms with E-state index in [-0.39, 0.29) is 23.8 Å². The standard InChI is InChI=1S/C30H29F3N2O5/c1-16(36)39-24-15-23(37)27-26-19(24)14-22-20-9-10-21(28(40-27)29(20,26)12-13-34(22)2)35(3)25(38)11-6-17-4-7-18(8-5-17)30(31,32)33/h4-5,7-8,15,20-22,28,37H,9-10,12-14H2,1-3H3/t20-,21+,22+,28-,29-/m0/s1. The van der Waals surface area contributed by atoms with Crippen molar-refractivity contribution in [2.75, 3.05) is 20.6 Å². The van der Waals surface area contributed by atoms with Crippen LogP contribution in [0.5, 0.6) is 17.2 Å². The molecule has 6 rings (SSSR count). The number of carbonyl (C=O) groups is 2. The lowest BCUT2D eigenvalue weighted by Gasteiger charge is -2.59. The number of hydrogen-bond acceptors (Lipinski definition) is 6. The summed E-state index contributed by atoms with van der Waals surface area (Å²) in [5.41, 5.74) is 0.824. The van der Waals surface area contributed by atoms with Crippen molar-refractivity contribution in [1.29, 1.82) is 0 Å². The van der Waals surface area contributed by atoms with Crippen molar-refractivity contribution < 1.29 is 37.3 Å². The molecule has 1 amide bonds. The number of halogens is 3. The zero-order valence-corrected chi connectivity index (χ0v) is 22.3. The molecule has 0 radical (unpaired) electrons. The van der Waals surface area contributed by atoms with Gasteiger partial charge >= 0.3 is 12.1 Å². The Bertz CT molecular complexity index is 1460. The van der Waals surface area contributed by atoms with Crippen molar-refractivity contribution in [3.63, 3.8) is 0 Å². The third-order valence-corrected chi connectivity index (χ3v) is 9.25. The molecule has 2 aliphatic carbocycles. The molecule has 5 atom stereocenters. The van der Waals surface area contributed by atoms with Gasteiger partial charge in [0.1, 0.15) is 11.9 Å². The van der Waals surface area contributed by atoms with Crippen LogP contribution in [-0.4, -0.2) is 65.6 Å². The molecule has 4 aliphatic rings. The number of piperidine rings is 1. The van der Waals surface area contributed by atoms with Crippen LogP contribution >= 0.6 is 0 Å². The van der Waals surface area contributed by atoms with Crippen LogP contribution in [-0.2, 0) is 27.6 Å². The fourth-order valence-corrected chi connectivity index (χ4v) is 7.51. The number of rotatable bonds is 2. The van der Waals surface area contributed by atoms with Gasteiger partial charge in [-0.1, -0.05) is 5.92 Å². The first kappa shape index (κ1) is 26.5. The number of likely N-dealkylation sites (N-methyl/N-ethyl adjacent to an activating group) is 2. The molecule has 1 saturated carbocycles. The number of benzene rings is 2. The van der Waals surface area contributed by atoms with Gasteiger partial charge in [-0.2, -0.15) is 13.2 Å². The van der Waals surface area contributed by atoms with Crippen molar-refractivity contribution in [2.24, 2.45) is 5.92 Å². The molecule has 1 spiro atoms. The van der Waals surface area contributed by atoms with Crippen molar-refractivity contribution in [3.8, 4) is 29.1 Å². The number of esters is 1. The van der Waals surface area contributed by atoms with Gasteiger partial charge in [-0.15, -0.1) is 0 Å². The maximum absolute atomic E-state index is 13.2. The molecule has 0 aromatic heterocycles. The molecule has 2 bridgehead atoms. The highest BCUT2D eigenvalue weighted by Crippen LogP contribution is 2.65. The summed E-state index contributed by atoms with van der Waals surface area (Å²) in [7, 11) is 3.76. The third kappa shape index (κ3) is 3.93. The molecule has 0 unspecified atom stereocenters. The van der Waals surface area contributed by atoms with Gasteiger partial charge in [0.25, 0.3) is 5.91 Å². The van der Waals surface area contributed by atoms with Crippen molar-refractivity contribution in [1.82, 2.24) is 9.80 Å². The summed E-state index contributed by atoms with van der Waals surface area (Å²) in [6.45, 7) is 2.15. The molecule has 2 heterocycles. The minimum absolute atomic E-state index is 0.0928. The van der Waals surface area contributed by atoms with E-state index in [2.05, 4.69) is 23.8 Å². The Kier molecular flexibility index (Phi) is 6.07. The molecule has 2 aromatic carbocycles. The van der Waals surface area contributed by atoms with E-state index in [4.69, 9.17) is 9.47 Å². The molecule has 210 valence electrons. The number of phenolic OH excluding ortho intramolecular Hbond substituents is 1. The quantitative estimate of drug-likeness (QED) is 0.345. The number of hydrogen-bond donors (Lipinski definition) is 1. The Morgan fingerprint density at radius 3 is 2.62 bits per heavy atom. The fourth-order valence-electron chi connectivity index (χ4n) is 7.51. The molecule has 1 saturated heterocycles. The summed E-state index contributed by atoms with van der Waals surface area (Å²) in [5, 5.41) is 11.0. The molecule has 2 aliphatic heterocycles. The van der Waals surface area contributed by atoms with Crippen molar-refractivity contribution in [3.05, 3.63) is 52.6 Å². The second-order valence-electron chi connectivity index (χ2n) is 11.2. The van der Waals surface area contributed by atoms with Gasteiger partial charge in [0.05, 0.1) is 11.6 Å². The van der Waals surface area contributed by atoms with E-state index in [0.29, 0.717) is 29.9 Å². The Morgan fingerprint density at radius 2 is 1.95 bits per heavy atom. The maximum Gasteiger partial charge on any atom is 0.416 e. The summed E-state index contributed by atoms with van der Waals surface area (Å²) in [5.74, 6) is 5.21. The van der Waals surface area contributed by atoms with E-state index in [1.807, 2.05) is 0 Å². The van der Waals surface area contributed by atoms with Gasteiger partial charge in [0.2, 0.25) is 0 Å². The van der Waals surface area contributed by atoms with Crippen LogP contribution in [0.25, 0.3) is 0 Å². The van der Waals surface area contributed by atoms with E-state index >= 15 is 0 Å². The molecular weight excluding hydrogens is 525 g/mol. The predicted octanol–water partition coefficient (Wildman–Crippen LogP) is 3.88. The minimum atomic E-state index is -4.45. The minimum Gasteiger partial charge on any atom is -0.504 e. The maximum atomic E-state index is 13.2. The summed E-state index contributed by atoms with van der Waals surface area (Å²) >= 11 is 0. The van der Waals surface area contributed by atoms with Gasteiger partial charge in [-0.3, -0.25) is 9.59 Å². The molecular formula is C30H29F3N2O5. The molecule has 7 nitrogen and oxygen atoms in total. The van der Waals surface area contributed by atoms with Crippen LogP contribution in [0.3, 0.4) is 0 Å². The summed E-state index contributed by atoms with van der Waals surface area (Å²) < 4.78 is 50.7. The van der Waals surface area contributed by atoms with Gasteiger partial charge in [0.15, 0.2) is 11.5 Å². The highest BCUT2D eigenvalue weighted by atomic mass is 19.4. The molecule has 40 heavy (non-hydrogen) atoms. The van der Waals surface area contributed by atoms with Gasteiger partial charge in [-0.25, -0.2) is 0 Å². The second-order valence-corrected chi connectivity index (χ2v) is 11.2. The number of nitrogens with zero attached hydrogens (tertiary/aromatic N) is 2. The van der Waals surface area contributed by atoms with Crippen molar-refractivity contribution in [2.45, 2.75) is 62.4 Å². The topological polar surface area (TPSA) is 79.3 Å². The van der Waals surface area contributed by atoms with Crippen LogP contribution in [0.15, 0.2) is 30.3 Å². The number of likely N-dealkylation sites (tertiary alicyclic amines) is 1. The van der Waals surface area contributed by atoms with Crippen LogP contribution in [0.4, 0.5) is 13.2 Å². The number of aromatic hydroxyl groups is 1. The lowest BCUT2D eigenvalue weighted by Crippen LogP contribution is -2.68. The summed E-state index contributed by atoms with van der Waals surface area (Å²) in [6.07, 6.45) is -1.95. The predicted molar refractivity (Wildman–Crippen MR) is 138 cm³/mol. The Balaban J connectivity index is 1.34. The van der Waals surface area contributed by atoms with Crippen LogP contribution in [0, 0.1) is 17.8 Å². The van der Waals surface area contributed by atoms with Gasteiger partial charge in [-0.05, 0) is 69.5 Å². The van der Waals surface area contributed by atoms with Crippen LogP contribution in [0.1, 0.15) is 48.4 Å². The van der Waals surface area contributed by atoms with Gasteiger partial charge in [0, 0.05) is 54.1 Å². The number of carbonyl (C=O) groups excluding carboxylic acids is 2. The lowest BCUT2D eigenvalue weighted by molar-refractivity contribution is -0.137. The number of amides is 1.